The zero-order valence-corrected chi connectivity index (χ0v) is 15.3. The average molecular weight is 420 g/mol. The number of hydrogen-bond donors (Lipinski definition) is 2. The van der Waals surface area contributed by atoms with E-state index < -0.39 is 35.7 Å². The number of carbonyl (C=O) groups excluding carboxylic acids is 3. The van der Waals surface area contributed by atoms with Gasteiger partial charge in [-0.05, 0) is 36.8 Å². The minimum Gasteiger partial charge on any atom is -0.322 e. The number of amides is 4. The van der Waals surface area contributed by atoms with Gasteiger partial charge in [0.05, 0.1) is 5.69 Å². The van der Waals surface area contributed by atoms with Crippen LogP contribution in [0.15, 0.2) is 53.0 Å². The number of urea groups is 1. The van der Waals surface area contributed by atoms with Crippen molar-refractivity contribution in [2.24, 2.45) is 0 Å². The van der Waals surface area contributed by atoms with Gasteiger partial charge in [0.2, 0.25) is 5.91 Å². The normalized spacial score (nSPS) is 19.4. The van der Waals surface area contributed by atoms with Crippen molar-refractivity contribution in [1.29, 1.82) is 0 Å². The van der Waals surface area contributed by atoms with Crippen LogP contribution in [0.1, 0.15) is 12.5 Å². The van der Waals surface area contributed by atoms with Gasteiger partial charge in [-0.3, -0.25) is 14.5 Å². The lowest BCUT2D eigenvalue weighted by Gasteiger charge is -2.22. The van der Waals surface area contributed by atoms with Crippen molar-refractivity contribution in [2.75, 3.05) is 11.9 Å². The summed E-state index contributed by atoms with van der Waals surface area (Å²) in [6, 6.07) is 12.0. The molecule has 2 aromatic rings. The number of hydrogen-bond acceptors (Lipinski definition) is 3. The molecule has 2 N–H and O–H groups in total. The maximum Gasteiger partial charge on any atom is 0.325 e. The summed E-state index contributed by atoms with van der Waals surface area (Å²) >= 11 is 3.33. The first kappa shape index (κ1) is 18.1. The molecule has 1 aliphatic rings. The van der Waals surface area contributed by atoms with Crippen molar-refractivity contribution in [3.05, 3.63) is 64.4 Å². The van der Waals surface area contributed by atoms with E-state index in [0.29, 0.717) is 5.56 Å². The Morgan fingerprint density at radius 2 is 1.96 bits per heavy atom. The van der Waals surface area contributed by atoms with Gasteiger partial charge >= 0.3 is 6.03 Å². The predicted molar refractivity (Wildman–Crippen MR) is 96.8 cm³/mol. The number of nitrogens with one attached hydrogen (secondary N) is 2. The highest BCUT2D eigenvalue weighted by Crippen LogP contribution is 2.30. The van der Waals surface area contributed by atoms with E-state index in [2.05, 4.69) is 26.6 Å². The molecule has 0 aromatic heterocycles. The lowest BCUT2D eigenvalue weighted by molar-refractivity contribution is -0.133. The van der Waals surface area contributed by atoms with Crippen LogP contribution in [-0.4, -0.2) is 29.3 Å². The third-order valence-electron chi connectivity index (χ3n) is 4.13. The molecule has 1 fully saturated rings. The molecule has 0 saturated carbocycles. The molecule has 0 radical (unpaired) electrons. The Bertz CT molecular complexity index is 905. The Hall–Kier alpha value is -2.74. The van der Waals surface area contributed by atoms with Crippen molar-refractivity contribution in [3.63, 3.8) is 0 Å². The monoisotopic (exact) mass is 419 g/mol. The van der Waals surface area contributed by atoms with Crippen molar-refractivity contribution in [3.8, 4) is 0 Å². The molecule has 1 heterocycles. The third-order valence-corrected chi connectivity index (χ3v) is 4.62. The van der Waals surface area contributed by atoms with Crippen LogP contribution in [0.25, 0.3) is 0 Å². The first-order valence-corrected chi connectivity index (χ1v) is 8.55. The predicted octanol–water partition coefficient (Wildman–Crippen LogP) is 2.99. The maximum atomic E-state index is 13.6. The molecule has 0 bridgehead atoms. The van der Waals surface area contributed by atoms with Gasteiger partial charge in [-0.15, -0.1) is 0 Å². The molecule has 0 aliphatic carbocycles. The van der Waals surface area contributed by atoms with E-state index in [1.807, 2.05) is 0 Å². The minimum atomic E-state index is -1.28. The van der Waals surface area contributed by atoms with Crippen LogP contribution in [0.4, 0.5) is 14.9 Å². The summed E-state index contributed by atoms with van der Waals surface area (Å²) in [7, 11) is 0. The number of rotatable bonds is 4. The van der Waals surface area contributed by atoms with E-state index >= 15 is 0 Å². The Morgan fingerprint density at radius 3 is 2.65 bits per heavy atom. The highest BCUT2D eigenvalue weighted by Gasteiger charge is 2.49. The number of carbonyl (C=O) groups is 3. The molecular weight excluding hydrogens is 405 g/mol. The molecule has 0 spiro atoms. The quantitative estimate of drug-likeness (QED) is 0.747. The van der Waals surface area contributed by atoms with E-state index in [9.17, 15) is 18.8 Å². The van der Waals surface area contributed by atoms with Gasteiger partial charge in [-0.25, -0.2) is 9.18 Å². The van der Waals surface area contributed by atoms with Crippen LogP contribution < -0.4 is 10.6 Å². The van der Waals surface area contributed by atoms with E-state index in [0.717, 1.165) is 9.37 Å². The third kappa shape index (κ3) is 3.32. The largest absolute Gasteiger partial charge is 0.325 e. The van der Waals surface area contributed by atoms with Crippen LogP contribution in [0.5, 0.6) is 0 Å². The fraction of sp³-hybridized carbons (Fsp3) is 0.167. The van der Waals surface area contributed by atoms with Gasteiger partial charge in [-0.1, -0.05) is 40.2 Å². The van der Waals surface area contributed by atoms with Crippen LogP contribution in [0.3, 0.4) is 0 Å². The molecule has 1 aliphatic heterocycles. The van der Waals surface area contributed by atoms with Gasteiger partial charge < -0.3 is 10.6 Å². The van der Waals surface area contributed by atoms with E-state index in [1.54, 1.807) is 37.3 Å². The first-order chi connectivity index (χ1) is 12.3. The molecule has 1 atom stereocenters. The van der Waals surface area contributed by atoms with Gasteiger partial charge in [-0.2, -0.15) is 0 Å². The molecule has 2 aromatic carbocycles. The lowest BCUT2D eigenvalue weighted by Crippen LogP contribution is -2.42. The number of halogens is 2. The molecule has 6 nitrogen and oxygen atoms in total. The molecule has 1 saturated heterocycles. The van der Waals surface area contributed by atoms with Gasteiger partial charge in [0.15, 0.2) is 0 Å². The number of anilines is 1. The van der Waals surface area contributed by atoms with Crippen molar-refractivity contribution < 1.29 is 18.8 Å². The number of imide groups is 1. The zero-order valence-electron chi connectivity index (χ0n) is 13.8. The average Bonchev–Trinajstić information content (AvgIpc) is 2.81. The zero-order chi connectivity index (χ0) is 18.9. The Balaban J connectivity index is 1.77. The van der Waals surface area contributed by atoms with Crippen LogP contribution in [0, 0.1) is 5.82 Å². The standard InChI is InChI=1S/C18H15BrFN3O3/c1-18(11-5-4-6-12(19)9-11)16(25)23(17(26)22-18)10-15(24)21-14-8-3-2-7-13(14)20/h2-9H,10H2,1H3,(H,21,24)(H,22,26)/t18-/m0/s1. The van der Waals surface area contributed by atoms with Crippen molar-refractivity contribution in [1.82, 2.24) is 10.2 Å². The molecule has 8 heteroatoms. The van der Waals surface area contributed by atoms with E-state index in [4.69, 9.17) is 0 Å². The van der Waals surface area contributed by atoms with Gasteiger partial charge in [0.25, 0.3) is 5.91 Å². The summed E-state index contributed by atoms with van der Waals surface area (Å²) in [5.41, 5.74) is -0.708. The fourth-order valence-corrected chi connectivity index (χ4v) is 3.13. The SMILES string of the molecule is C[C@@]1(c2cccc(Br)c2)NC(=O)N(CC(=O)Nc2ccccc2F)C1=O. The van der Waals surface area contributed by atoms with Crippen LogP contribution in [-0.2, 0) is 15.1 Å². The van der Waals surface area contributed by atoms with E-state index in [1.165, 1.54) is 18.2 Å². The number of benzene rings is 2. The molecular formula is C18H15BrFN3O3. The van der Waals surface area contributed by atoms with E-state index in [-0.39, 0.29) is 5.69 Å². The summed E-state index contributed by atoms with van der Waals surface area (Å²) in [5.74, 6) is -1.82. The summed E-state index contributed by atoms with van der Waals surface area (Å²) in [6.07, 6.45) is 0. The summed E-state index contributed by atoms with van der Waals surface area (Å²) in [5, 5.41) is 4.98. The minimum absolute atomic E-state index is 0.0145. The summed E-state index contributed by atoms with van der Waals surface area (Å²) < 4.78 is 14.4. The Labute approximate surface area is 157 Å². The van der Waals surface area contributed by atoms with Crippen molar-refractivity contribution >= 4 is 39.5 Å². The second-order valence-corrected chi connectivity index (χ2v) is 6.90. The highest BCUT2D eigenvalue weighted by atomic mass is 79.9. The molecule has 0 unspecified atom stereocenters. The van der Waals surface area contributed by atoms with Crippen LogP contribution >= 0.6 is 15.9 Å². The van der Waals surface area contributed by atoms with Crippen molar-refractivity contribution in [2.45, 2.75) is 12.5 Å². The summed E-state index contributed by atoms with van der Waals surface area (Å²) in [6.45, 7) is 1.06. The molecule has 4 amide bonds. The fourth-order valence-electron chi connectivity index (χ4n) is 2.73. The molecule has 3 rings (SSSR count). The Morgan fingerprint density at radius 1 is 1.23 bits per heavy atom. The smallest absolute Gasteiger partial charge is 0.322 e. The maximum absolute atomic E-state index is 13.6. The molecule has 26 heavy (non-hydrogen) atoms. The second-order valence-electron chi connectivity index (χ2n) is 5.98. The number of para-hydroxylation sites is 1. The topological polar surface area (TPSA) is 78.5 Å². The number of nitrogens with zero attached hydrogens (tertiary/aromatic N) is 1. The lowest BCUT2D eigenvalue weighted by atomic mass is 9.92. The van der Waals surface area contributed by atoms with Crippen LogP contribution in [0.2, 0.25) is 0 Å². The second kappa shape index (κ2) is 6.87. The molecule has 134 valence electrons. The van der Waals surface area contributed by atoms with Gasteiger partial charge in [0, 0.05) is 4.47 Å². The first-order valence-electron chi connectivity index (χ1n) is 7.76. The Kier molecular flexibility index (Phi) is 4.78. The summed E-state index contributed by atoms with van der Waals surface area (Å²) in [4.78, 5) is 38.0. The van der Waals surface area contributed by atoms with Gasteiger partial charge in [0.1, 0.15) is 17.9 Å². The highest BCUT2D eigenvalue weighted by molar-refractivity contribution is 9.10.